The zero-order valence-electron chi connectivity index (χ0n) is 7.13. The van der Waals surface area contributed by atoms with Gasteiger partial charge in [-0.2, -0.15) is 0 Å². The molecule has 0 amide bonds. The SMILES string of the molecule is CO[PH]1(S)N[C@@H](C(C)C)CO1. The second-order valence-corrected chi connectivity index (χ2v) is 7.01. The number of nitrogens with one attached hydrogen (secondary N) is 1. The second-order valence-electron chi connectivity index (χ2n) is 3.09. The van der Waals surface area contributed by atoms with E-state index in [4.69, 9.17) is 9.05 Å². The quantitative estimate of drug-likeness (QED) is 0.521. The molecule has 1 saturated heterocycles. The monoisotopic (exact) mass is 197 g/mol. The second kappa shape index (κ2) is 3.58. The Kier molecular flexibility index (Phi) is 3.18. The van der Waals surface area contributed by atoms with Gasteiger partial charge in [0.15, 0.2) is 0 Å². The van der Waals surface area contributed by atoms with E-state index in [0.717, 1.165) is 6.61 Å². The Morgan fingerprint density at radius 1 is 1.73 bits per heavy atom. The summed E-state index contributed by atoms with van der Waals surface area (Å²) in [4.78, 5) is 0. The molecule has 1 N–H and O–H groups in total. The Morgan fingerprint density at radius 3 is 2.64 bits per heavy atom. The van der Waals surface area contributed by atoms with Crippen LogP contribution in [0.15, 0.2) is 0 Å². The molecule has 68 valence electrons. The third-order valence-electron chi connectivity index (χ3n) is 1.91. The molecule has 1 aliphatic rings. The summed E-state index contributed by atoms with van der Waals surface area (Å²) in [5, 5.41) is 3.28. The van der Waals surface area contributed by atoms with Crippen LogP contribution >= 0.6 is 19.3 Å². The molecule has 0 aromatic rings. The predicted molar refractivity (Wildman–Crippen MR) is 52.0 cm³/mol. The number of hydrogen-bond acceptors (Lipinski definition) is 4. The Bertz CT molecular complexity index is 147. The molecule has 0 bridgehead atoms. The molecule has 0 aromatic carbocycles. The first kappa shape index (κ1) is 9.75. The van der Waals surface area contributed by atoms with Crippen LogP contribution in [0.1, 0.15) is 13.8 Å². The summed E-state index contributed by atoms with van der Waals surface area (Å²) in [7, 11) is -0.608. The van der Waals surface area contributed by atoms with Crippen molar-refractivity contribution >= 4 is 19.3 Å². The summed E-state index contributed by atoms with van der Waals surface area (Å²) >= 11 is 4.32. The van der Waals surface area contributed by atoms with E-state index < -0.39 is 7.07 Å². The maximum atomic E-state index is 5.43. The van der Waals surface area contributed by atoms with Gasteiger partial charge >= 0.3 is 73.0 Å². The Hall–Kier alpha value is 0.660. The van der Waals surface area contributed by atoms with Crippen LogP contribution in [0.3, 0.4) is 0 Å². The first-order chi connectivity index (χ1) is 5.07. The van der Waals surface area contributed by atoms with Gasteiger partial charge in [0.2, 0.25) is 0 Å². The molecule has 0 saturated carbocycles. The summed E-state index contributed by atoms with van der Waals surface area (Å²) in [5.74, 6) is 0.576. The third-order valence-corrected chi connectivity index (χ3v) is 5.08. The Morgan fingerprint density at radius 2 is 2.36 bits per heavy atom. The van der Waals surface area contributed by atoms with Crippen molar-refractivity contribution < 1.29 is 9.05 Å². The van der Waals surface area contributed by atoms with Crippen LogP contribution in [0.4, 0.5) is 0 Å². The van der Waals surface area contributed by atoms with E-state index >= 15 is 0 Å². The number of hydrogen-bond donors (Lipinski definition) is 2. The van der Waals surface area contributed by atoms with Crippen LogP contribution in [0.25, 0.3) is 0 Å². The standard InChI is InChI=1S/C6H16NO2PS/c1-5(2)6-4-9-10(11,7-6)8-3/h5-7,10-11H,4H2,1-3H3/t6-/m1/s1. The third kappa shape index (κ3) is 2.30. The van der Waals surface area contributed by atoms with Crippen LogP contribution in [-0.2, 0) is 9.05 Å². The van der Waals surface area contributed by atoms with Crippen molar-refractivity contribution in [3.8, 4) is 0 Å². The number of rotatable bonds is 2. The van der Waals surface area contributed by atoms with Gasteiger partial charge in [0, 0.05) is 0 Å². The molecule has 1 aliphatic heterocycles. The van der Waals surface area contributed by atoms with Gasteiger partial charge in [-0.1, -0.05) is 0 Å². The molecule has 0 aromatic heterocycles. The molecule has 0 radical (unpaired) electrons. The van der Waals surface area contributed by atoms with Crippen molar-refractivity contribution in [3.63, 3.8) is 0 Å². The maximum absolute atomic E-state index is 5.43. The fourth-order valence-electron chi connectivity index (χ4n) is 0.997. The topological polar surface area (TPSA) is 30.5 Å². The molecule has 1 rings (SSSR count). The van der Waals surface area contributed by atoms with Crippen LogP contribution in [0.2, 0.25) is 0 Å². The summed E-state index contributed by atoms with van der Waals surface area (Å²) in [6.45, 7) is 5.04. The molecule has 0 unspecified atom stereocenters. The summed E-state index contributed by atoms with van der Waals surface area (Å²) in [5.41, 5.74) is 0. The van der Waals surface area contributed by atoms with Gasteiger partial charge in [0.1, 0.15) is 0 Å². The fraction of sp³-hybridized carbons (Fsp3) is 1.00. The summed E-state index contributed by atoms with van der Waals surface area (Å²) in [6, 6.07) is 0.402. The van der Waals surface area contributed by atoms with Crippen LogP contribution < -0.4 is 5.09 Å². The van der Waals surface area contributed by atoms with Gasteiger partial charge in [0.25, 0.3) is 0 Å². The van der Waals surface area contributed by atoms with Crippen molar-refractivity contribution in [1.82, 2.24) is 5.09 Å². The van der Waals surface area contributed by atoms with Gasteiger partial charge in [-0.05, 0) is 0 Å². The van der Waals surface area contributed by atoms with E-state index in [0.29, 0.717) is 12.0 Å². The van der Waals surface area contributed by atoms with Gasteiger partial charge in [-0.3, -0.25) is 0 Å². The van der Waals surface area contributed by atoms with Gasteiger partial charge in [-0.25, -0.2) is 0 Å². The minimum atomic E-state index is -2.24. The van der Waals surface area contributed by atoms with E-state index in [1.54, 1.807) is 7.11 Å². The van der Waals surface area contributed by atoms with E-state index in [1.165, 1.54) is 0 Å². The van der Waals surface area contributed by atoms with Crippen LogP contribution in [0.5, 0.6) is 0 Å². The first-order valence-electron chi connectivity index (χ1n) is 3.76. The average Bonchev–Trinajstić information content (AvgIpc) is 2.33. The molecule has 1 heterocycles. The van der Waals surface area contributed by atoms with E-state index in [-0.39, 0.29) is 0 Å². The van der Waals surface area contributed by atoms with Crippen LogP contribution in [-0.4, -0.2) is 19.8 Å². The number of thiol groups is 1. The average molecular weight is 197 g/mol. The van der Waals surface area contributed by atoms with Crippen molar-refractivity contribution in [3.05, 3.63) is 0 Å². The van der Waals surface area contributed by atoms with Crippen molar-refractivity contribution in [2.24, 2.45) is 5.92 Å². The Labute approximate surface area is 73.6 Å². The zero-order chi connectivity index (χ0) is 8.48. The fourth-order valence-corrected chi connectivity index (χ4v) is 3.33. The molecule has 1 atom stereocenters. The molecule has 0 aliphatic carbocycles. The van der Waals surface area contributed by atoms with Crippen molar-refractivity contribution in [2.75, 3.05) is 13.7 Å². The van der Waals surface area contributed by atoms with Crippen molar-refractivity contribution in [1.29, 1.82) is 0 Å². The zero-order valence-corrected chi connectivity index (χ0v) is 9.02. The van der Waals surface area contributed by atoms with Gasteiger partial charge < -0.3 is 0 Å². The molecule has 1 fully saturated rings. The minimum absolute atomic E-state index is 0.402. The molecule has 11 heavy (non-hydrogen) atoms. The van der Waals surface area contributed by atoms with Crippen molar-refractivity contribution in [2.45, 2.75) is 19.9 Å². The summed E-state index contributed by atoms with van der Waals surface area (Å²) < 4.78 is 10.6. The van der Waals surface area contributed by atoms with Gasteiger partial charge in [-0.15, -0.1) is 0 Å². The molecule has 5 heteroatoms. The molecular formula is C6H16NO2PS. The van der Waals surface area contributed by atoms with E-state index in [2.05, 4.69) is 31.2 Å². The van der Waals surface area contributed by atoms with Crippen LogP contribution in [0, 0.1) is 5.92 Å². The predicted octanol–water partition coefficient (Wildman–Crippen LogP) is 1.62. The normalized spacial score (nSPS) is 32.6. The van der Waals surface area contributed by atoms with E-state index in [9.17, 15) is 0 Å². The summed E-state index contributed by atoms with van der Waals surface area (Å²) in [6.07, 6.45) is 0. The molecular weight excluding hydrogens is 181 g/mol. The molecule has 3 nitrogen and oxygen atoms in total. The van der Waals surface area contributed by atoms with Gasteiger partial charge in [0.05, 0.1) is 0 Å². The first-order valence-corrected chi connectivity index (χ1v) is 6.87. The Balaban J connectivity index is 2.46. The van der Waals surface area contributed by atoms with E-state index in [1.807, 2.05) is 0 Å². The molecule has 0 spiro atoms.